The fraction of sp³-hybridized carbons (Fsp3) is 0.308. The lowest BCUT2D eigenvalue weighted by molar-refractivity contribution is 0.0958. The molecule has 0 aliphatic heterocycles. The fourth-order valence-corrected chi connectivity index (χ4v) is 1.75. The predicted molar refractivity (Wildman–Crippen MR) is 74.0 cm³/mol. The Labute approximate surface area is 115 Å². The van der Waals surface area contributed by atoms with E-state index in [1.807, 2.05) is 0 Å². The molecule has 0 radical (unpaired) electrons. The maximum absolute atomic E-state index is 11.7. The minimum atomic E-state index is -0.140. The molecule has 0 bridgehead atoms. The van der Waals surface area contributed by atoms with Crippen molar-refractivity contribution in [3.05, 3.63) is 40.9 Å². The van der Waals surface area contributed by atoms with E-state index in [-0.39, 0.29) is 5.91 Å². The average molecular weight is 314 g/mol. The molecule has 4 nitrogen and oxygen atoms in total. The molecule has 0 aliphatic rings. The quantitative estimate of drug-likeness (QED) is 0.621. The molecule has 0 atom stereocenters. The predicted octanol–water partition coefficient (Wildman–Crippen LogP) is 2.39. The second-order valence-corrected chi connectivity index (χ2v) is 4.34. The van der Waals surface area contributed by atoms with E-state index in [1.165, 1.54) is 0 Å². The number of benzene rings is 1. The van der Waals surface area contributed by atoms with Crippen LogP contribution in [0.1, 0.15) is 10.4 Å². The number of rotatable bonds is 7. The molecule has 1 amide bonds. The van der Waals surface area contributed by atoms with Gasteiger partial charge in [0.1, 0.15) is 12.4 Å². The molecule has 0 saturated carbocycles. The highest BCUT2D eigenvalue weighted by Gasteiger charge is 2.08. The average Bonchev–Trinajstić information content (AvgIpc) is 2.38. The molecular formula is C13H16BrNO3. The lowest BCUT2D eigenvalue weighted by atomic mass is 10.2. The molecule has 0 heterocycles. The maximum Gasteiger partial charge on any atom is 0.251 e. The Hall–Kier alpha value is -1.33. The molecule has 0 fully saturated rings. The van der Waals surface area contributed by atoms with Crippen molar-refractivity contribution in [2.24, 2.45) is 0 Å². The summed E-state index contributed by atoms with van der Waals surface area (Å²) in [5, 5.41) is 2.71. The summed E-state index contributed by atoms with van der Waals surface area (Å²) < 4.78 is 11.1. The zero-order valence-electron chi connectivity index (χ0n) is 10.2. The van der Waals surface area contributed by atoms with E-state index < -0.39 is 0 Å². The normalized spacial score (nSPS) is 9.89. The minimum absolute atomic E-state index is 0.140. The number of amides is 1. The van der Waals surface area contributed by atoms with Crippen molar-refractivity contribution in [2.75, 3.05) is 26.9 Å². The molecule has 0 aromatic heterocycles. The highest BCUT2D eigenvalue weighted by atomic mass is 79.9. The topological polar surface area (TPSA) is 47.6 Å². The number of hydrogen-bond acceptors (Lipinski definition) is 3. The lowest BCUT2D eigenvalue weighted by Gasteiger charge is -2.09. The maximum atomic E-state index is 11.7. The van der Waals surface area contributed by atoms with Gasteiger partial charge in [0.2, 0.25) is 0 Å². The number of ether oxygens (including phenoxy) is 2. The van der Waals surface area contributed by atoms with Crippen LogP contribution in [0.3, 0.4) is 0 Å². The number of methoxy groups -OCH3 is 1. The van der Waals surface area contributed by atoms with Gasteiger partial charge in [-0.05, 0) is 34.1 Å². The fourth-order valence-electron chi connectivity index (χ4n) is 1.26. The molecule has 98 valence electrons. The molecule has 0 saturated heterocycles. The van der Waals surface area contributed by atoms with E-state index in [9.17, 15) is 4.79 Å². The van der Waals surface area contributed by atoms with Crippen LogP contribution < -0.4 is 10.1 Å². The summed E-state index contributed by atoms with van der Waals surface area (Å²) in [5.41, 5.74) is 0.572. The third-order valence-electron chi connectivity index (χ3n) is 2.15. The largest absolute Gasteiger partial charge is 0.490 e. The lowest BCUT2D eigenvalue weighted by Crippen LogP contribution is -2.23. The van der Waals surface area contributed by atoms with Gasteiger partial charge in [-0.25, -0.2) is 0 Å². The van der Waals surface area contributed by atoms with Crippen LogP contribution in [0.2, 0.25) is 0 Å². The first-order valence-electron chi connectivity index (χ1n) is 5.49. The standard InChI is InChI=1S/C13H16BrNO3/c1-3-6-15-13(16)10-4-5-12(11(14)9-10)18-8-7-17-2/h3-5,9H,1,6-8H2,2H3,(H,15,16). The van der Waals surface area contributed by atoms with Crippen LogP contribution >= 0.6 is 15.9 Å². The van der Waals surface area contributed by atoms with Crippen LogP contribution in [-0.2, 0) is 4.74 Å². The van der Waals surface area contributed by atoms with Crippen molar-refractivity contribution in [1.29, 1.82) is 0 Å². The van der Waals surface area contributed by atoms with Crippen LogP contribution in [0.15, 0.2) is 35.3 Å². The van der Waals surface area contributed by atoms with Crippen LogP contribution in [0.25, 0.3) is 0 Å². The molecule has 0 unspecified atom stereocenters. The third kappa shape index (κ3) is 4.50. The van der Waals surface area contributed by atoms with Gasteiger partial charge in [-0.15, -0.1) is 6.58 Å². The Morgan fingerprint density at radius 2 is 2.28 bits per heavy atom. The first-order chi connectivity index (χ1) is 8.69. The summed E-state index contributed by atoms with van der Waals surface area (Å²) in [7, 11) is 1.62. The van der Waals surface area contributed by atoms with Gasteiger partial charge >= 0.3 is 0 Å². The summed E-state index contributed by atoms with van der Waals surface area (Å²) in [4.78, 5) is 11.7. The molecule has 0 spiro atoms. The highest BCUT2D eigenvalue weighted by Crippen LogP contribution is 2.25. The van der Waals surface area contributed by atoms with Crippen LogP contribution in [-0.4, -0.2) is 32.8 Å². The summed E-state index contributed by atoms with van der Waals surface area (Å²) in [6, 6.07) is 5.19. The third-order valence-corrected chi connectivity index (χ3v) is 2.77. The molecule has 18 heavy (non-hydrogen) atoms. The zero-order chi connectivity index (χ0) is 13.4. The Morgan fingerprint density at radius 1 is 1.50 bits per heavy atom. The van der Waals surface area contributed by atoms with Crippen molar-refractivity contribution in [3.63, 3.8) is 0 Å². The number of carbonyl (C=O) groups excluding carboxylic acids is 1. The van der Waals surface area contributed by atoms with Crippen molar-refractivity contribution < 1.29 is 14.3 Å². The van der Waals surface area contributed by atoms with E-state index in [4.69, 9.17) is 9.47 Å². The molecule has 0 aliphatic carbocycles. The van der Waals surface area contributed by atoms with Gasteiger partial charge in [-0.2, -0.15) is 0 Å². The summed E-state index contributed by atoms with van der Waals surface area (Å²) in [6.07, 6.45) is 1.63. The smallest absolute Gasteiger partial charge is 0.251 e. The summed E-state index contributed by atoms with van der Waals surface area (Å²) in [6.45, 7) is 4.98. The van der Waals surface area contributed by atoms with Gasteiger partial charge in [0, 0.05) is 19.2 Å². The molecule has 5 heteroatoms. The molecule has 1 rings (SSSR count). The first kappa shape index (κ1) is 14.7. The number of carbonyl (C=O) groups is 1. The Morgan fingerprint density at radius 3 is 2.89 bits per heavy atom. The Kier molecular flexibility index (Phi) is 6.46. The summed E-state index contributed by atoms with van der Waals surface area (Å²) in [5.74, 6) is 0.548. The number of halogens is 1. The van der Waals surface area contributed by atoms with E-state index in [0.717, 1.165) is 4.47 Å². The van der Waals surface area contributed by atoms with Crippen LogP contribution in [0, 0.1) is 0 Å². The molecule has 1 aromatic carbocycles. The van der Waals surface area contributed by atoms with Gasteiger partial charge in [0.05, 0.1) is 11.1 Å². The van der Waals surface area contributed by atoms with Gasteiger partial charge in [-0.3, -0.25) is 4.79 Å². The minimum Gasteiger partial charge on any atom is -0.490 e. The van der Waals surface area contributed by atoms with E-state index in [1.54, 1.807) is 31.4 Å². The van der Waals surface area contributed by atoms with Crippen molar-refractivity contribution in [1.82, 2.24) is 5.32 Å². The van der Waals surface area contributed by atoms with Crippen molar-refractivity contribution in [2.45, 2.75) is 0 Å². The monoisotopic (exact) mass is 313 g/mol. The van der Waals surface area contributed by atoms with E-state index >= 15 is 0 Å². The highest BCUT2D eigenvalue weighted by molar-refractivity contribution is 9.10. The van der Waals surface area contributed by atoms with Crippen LogP contribution in [0.5, 0.6) is 5.75 Å². The van der Waals surface area contributed by atoms with Crippen molar-refractivity contribution >= 4 is 21.8 Å². The zero-order valence-corrected chi connectivity index (χ0v) is 11.8. The molecule has 1 aromatic rings. The van der Waals surface area contributed by atoms with Crippen molar-refractivity contribution in [3.8, 4) is 5.75 Å². The van der Waals surface area contributed by atoms with E-state index in [0.29, 0.717) is 31.1 Å². The summed E-state index contributed by atoms with van der Waals surface area (Å²) >= 11 is 3.37. The molecular weight excluding hydrogens is 298 g/mol. The van der Waals surface area contributed by atoms with E-state index in [2.05, 4.69) is 27.8 Å². The van der Waals surface area contributed by atoms with Gasteiger partial charge < -0.3 is 14.8 Å². The Balaban J connectivity index is 2.66. The number of hydrogen-bond donors (Lipinski definition) is 1. The number of nitrogens with one attached hydrogen (secondary N) is 1. The Bertz CT molecular complexity index is 421. The second-order valence-electron chi connectivity index (χ2n) is 3.49. The second kappa shape index (κ2) is 7.89. The van der Waals surface area contributed by atoms with Crippen LogP contribution in [0.4, 0.5) is 0 Å². The van der Waals surface area contributed by atoms with Gasteiger partial charge in [0.25, 0.3) is 5.91 Å². The molecule has 1 N–H and O–H groups in total. The SMILES string of the molecule is C=CCNC(=O)c1ccc(OCCOC)c(Br)c1. The van der Waals surface area contributed by atoms with Gasteiger partial charge in [-0.1, -0.05) is 6.08 Å². The van der Waals surface area contributed by atoms with Gasteiger partial charge in [0.15, 0.2) is 0 Å². The first-order valence-corrected chi connectivity index (χ1v) is 6.28.